The lowest BCUT2D eigenvalue weighted by Gasteiger charge is -2.18. The minimum absolute atomic E-state index is 0.00332. The zero-order valence-electron chi connectivity index (χ0n) is 16.9. The highest BCUT2D eigenvalue weighted by atomic mass is 32.2. The van der Waals surface area contributed by atoms with Crippen molar-refractivity contribution in [1.82, 2.24) is 10.2 Å². The lowest BCUT2D eigenvalue weighted by atomic mass is 10.1. The number of thioether (sulfide) groups is 1. The first-order chi connectivity index (χ1) is 14.3. The Morgan fingerprint density at radius 1 is 1.03 bits per heavy atom. The van der Waals surface area contributed by atoms with Gasteiger partial charge in [-0.3, -0.25) is 9.69 Å². The summed E-state index contributed by atoms with van der Waals surface area (Å²) in [5, 5.41) is 3.15. The average molecular weight is 411 g/mol. The van der Waals surface area contributed by atoms with Crippen LogP contribution in [0, 0.1) is 0 Å². The van der Waals surface area contributed by atoms with E-state index in [-0.39, 0.29) is 5.91 Å². The quantitative estimate of drug-likeness (QED) is 0.652. The van der Waals surface area contributed by atoms with Gasteiger partial charge in [0.1, 0.15) is 0 Å². The Morgan fingerprint density at radius 2 is 1.79 bits per heavy atom. The van der Waals surface area contributed by atoms with E-state index in [9.17, 15) is 4.79 Å². The number of carbonyl (C=O) groups is 1. The molecule has 2 aromatic carbocycles. The molecule has 2 aliphatic heterocycles. The molecule has 1 atom stereocenters. The van der Waals surface area contributed by atoms with Crippen LogP contribution in [0.1, 0.15) is 47.2 Å². The molecule has 0 aromatic heterocycles. The number of rotatable bonds is 8. The second kappa shape index (κ2) is 10.3. The van der Waals surface area contributed by atoms with E-state index >= 15 is 0 Å². The summed E-state index contributed by atoms with van der Waals surface area (Å²) in [6.45, 7) is 4.75. The molecule has 2 aromatic rings. The Bertz CT molecular complexity index is 814. The van der Waals surface area contributed by atoms with E-state index in [0.29, 0.717) is 12.6 Å². The fourth-order valence-corrected chi connectivity index (χ4v) is 5.19. The highest BCUT2D eigenvalue weighted by Gasteiger charge is 2.18. The van der Waals surface area contributed by atoms with Gasteiger partial charge in [0.25, 0.3) is 5.91 Å². The Labute approximate surface area is 178 Å². The van der Waals surface area contributed by atoms with Crippen molar-refractivity contribution in [3.05, 3.63) is 65.2 Å². The molecule has 0 saturated carbocycles. The number of carbonyl (C=O) groups excluding carboxylic acids is 1. The van der Waals surface area contributed by atoms with Gasteiger partial charge in [0, 0.05) is 30.3 Å². The predicted octanol–water partition coefficient (Wildman–Crippen LogP) is 4.48. The third kappa shape index (κ3) is 5.62. The fourth-order valence-electron chi connectivity index (χ4n) is 4.08. The number of hydrogen-bond donors (Lipinski definition) is 1. The highest BCUT2D eigenvalue weighted by Crippen LogP contribution is 2.27. The molecule has 0 spiro atoms. The topological polar surface area (TPSA) is 41.6 Å². The van der Waals surface area contributed by atoms with Crippen molar-refractivity contribution < 1.29 is 9.53 Å². The molecule has 2 saturated heterocycles. The molecule has 2 aliphatic rings. The summed E-state index contributed by atoms with van der Waals surface area (Å²) in [7, 11) is 0. The van der Waals surface area contributed by atoms with E-state index < -0.39 is 0 Å². The van der Waals surface area contributed by atoms with Gasteiger partial charge in [0.2, 0.25) is 0 Å². The molecule has 4 nitrogen and oxygen atoms in total. The molecule has 29 heavy (non-hydrogen) atoms. The molecule has 0 aliphatic carbocycles. The molecule has 4 rings (SSSR count). The summed E-state index contributed by atoms with van der Waals surface area (Å²) >= 11 is 1.73. The third-order valence-electron chi connectivity index (χ3n) is 5.73. The van der Waals surface area contributed by atoms with Crippen LogP contribution in [0.25, 0.3) is 0 Å². The Hall–Kier alpha value is -1.82. The SMILES string of the molecule is O=C(NCc1ccccc1CN1CCCC1)c1ccccc1SCC1CCCO1. The smallest absolute Gasteiger partial charge is 0.252 e. The van der Waals surface area contributed by atoms with E-state index in [1.54, 1.807) is 11.8 Å². The maximum atomic E-state index is 12.9. The first kappa shape index (κ1) is 20.5. The van der Waals surface area contributed by atoms with E-state index in [1.807, 2.05) is 24.3 Å². The second-order valence-electron chi connectivity index (χ2n) is 7.88. The Kier molecular flexibility index (Phi) is 7.25. The molecular weight excluding hydrogens is 380 g/mol. The predicted molar refractivity (Wildman–Crippen MR) is 118 cm³/mol. The van der Waals surface area contributed by atoms with Crippen LogP contribution in [0.3, 0.4) is 0 Å². The van der Waals surface area contributed by atoms with Crippen LogP contribution in [-0.4, -0.2) is 42.4 Å². The Balaban J connectivity index is 1.37. The molecule has 1 unspecified atom stereocenters. The number of ether oxygens (including phenoxy) is 1. The molecule has 2 fully saturated rings. The van der Waals surface area contributed by atoms with Crippen LogP contribution in [0.5, 0.6) is 0 Å². The van der Waals surface area contributed by atoms with Crippen LogP contribution in [0.15, 0.2) is 53.4 Å². The lowest BCUT2D eigenvalue weighted by Crippen LogP contribution is -2.25. The summed E-state index contributed by atoms with van der Waals surface area (Å²) in [5.41, 5.74) is 3.28. The molecule has 0 bridgehead atoms. The number of nitrogens with one attached hydrogen (secondary N) is 1. The second-order valence-corrected chi connectivity index (χ2v) is 8.94. The van der Waals surface area contributed by atoms with E-state index in [1.165, 1.54) is 37.1 Å². The van der Waals surface area contributed by atoms with Crippen molar-refractivity contribution in [2.24, 2.45) is 0 Å². The van der Waals surface area contributed by atoms with Crippen LogP contribution >= 0.6 is 11.8 Å². The van der Waals surface area contributed by atoms with Crippen LogP contribution in [0.4, 0.5) is 0 Å². The van der Waals surface area contributed by atoms with Crippen LogP contribution in [0.2, 0.25) is 0 Å². The molecule has 0 radical (unpaired) electrons. The number of nitrogens with zero attached hydrogens (tertiary/aromatic N) is 1. The van der Waals surface area contributed by atoms with Crippen molar-refractivity contribution in [3.8, 4) is 0 Å². The first-order valence-electron chi connectivity index (χ1n) is 10.7. The average Bonchev–Trinajstić information content (AvgIpc) is 3.46. The largest absolute Gasteiger partial charge is 0.377 e. The summed E-state index contributed by atoms with van der Waals surface area (Å²) in [4.78, 5) is 16.5. The van der Waals surface area contributed by atoms with Gasteiger partial charge in [-0.1, -0.05) is 36.4 Å². The van der Waals surface area contributed by atoms with Crippen LogP contribution < -0.4 is 5.32 Å². The van der Waals surface area contributed by atoms with E-state index in [4.69, 9.17) is 4.74 Å². The summed E-state index contributed by atoms with van der Waals surface area (Å²) in [6, 6.07) is 16.4. The molecule has 2 heterocycles. The van der Waals surface area contributed by atoms with Crippen LogP contribution in [-0.2, 0) is 17.8 Å². The summed E-state index contributed by atoms with van der Waals surface area (Å²) in [5.74, 6) is 0.902. The third-order valence-corrected chi connectivity index (χ3v) is 6.94. The van der Waals surface area contributed by atoms with Gasteiger partial charge >= 0.3 is 0 Å². The number of likely N-dealkylation sites (tertiary alicyclic amines) is 1. The van der Waals surface area contributed by atoms with Gasteiger partial charge in [0.05, 0.1) is 11.7 Å². The highest BCUT2D eigenvalue weighted by molar-refractivity contribution is 7.99. The molecule has 1 N–H and O–H groups in total. The number of amides is 1. The lowest BCUT2D eigenvalue weighted by molar-refractivity contribution is 0.0947. The minimum Gasteiger partial charge on any atom is -0.377 e. The van der Waals surface area contributed by atoms with Gasteiger partial charge in [-0.15, -0.1) is 11.8 Å². The zero-order chi connectivity index (χ0) is 19.9. The Morgan fingerprint density at radius 3 is 2.59 bits per heavy atom. The molecular formula is C24H30N2O2S. The van der Waals surface area contributed by atoms with Gasteiger partial charge in [-0.2, -0.15) is 0 Å². The standard InChI is InChI=1S/C24H30N2O2S/c27-24(22-11-3-4-12-23(22)29-18-21-10-7-15-28-21)25-16-19-8-1-2-9-20(19)17-26-13-5-6-14-26/h1-4,8-9,11-12,21H,5-7,10,13-18H2,(H,25,27). The van der Waals surface area contributed by atoms with E-state index in [0.717, 1.165) is 42.2 Å². The molecule has 5 heteroatoms. The van der Waals surface area contributed by atoms with Crippen molar-refractivity contribution in [2.45, 2.75) is 49.8 Å². The maximum absolute atomic E-state index is 12.9. The summed E-state index contributed by atoms with van der Waals surface area (Å²) in [6.07, 6.45) is 5.16. The van der Waals surface area contributed by atoms with Crippen molar-refractivity contribution in [3.63, 3.8) is 0 Å². The number of hydrogen-bond acceptors (Lipinski definition) is 4. The monoisotopic (exact) mass is 410 g/mol. The van der Waals surface area contributed by atoms with Crippen molar-refractivity contribution in [1.29, 1.82) is 0 Å². The first-order valence-corrected chi connectivity index (χ1v) is 11.7. The molecule has 154 valence electrons. The van der Waals surface area contributed by atoms with Gasteiger partial charge in [0.15, 0.2) is 0 Å². The van der Waals surface area contributed by atoms with Gasteiger partial charge in [-0.05, 0) is 62.0 Å². The minimum atomic E-state index is -0.00332. The summed E-state index contributed by atoms with van der Waals surface area (Å²) < 4.78 is 5.72. The normalized spacial score (nSPS) is 19.5. The molecule has 1 amide bonds. The van der Waals surface area contributed by atoms with Gasteiger partial charge < -0.3 is 10.1 Å². The van der Waals surface area contributed by atoms with Crippen molar-refractivity contribution >= 4 is 17.7 Å². The zero-order valence-corrected chi connectivity index (χ0v) is 17.8. The maximum Gasteiger partial charge on any atom is 0.252 e. The van der Waals surface area contributed by atoms with E-state index in [2.05, 4.69) is 34.5 Å². The number of benzene rings is 2. The van der Waals surface area contributed by atoms with Crippen molar-refractivity contribution in [2.75, 3.05) is 25.4 Å². The fraction of sp³-hybridized carbons (Fsp3) is 0.458. The van der Waals surface area contributed by atoms with Gasteiger partial charge in [-0.25, -0.2) is 0 Å².